The highest BCUT2D eigenvalue weighted by Gasteiger charge is 2.01. The molecule has 1 aromatic carbocycles. The Bertz CT molecular complexity index is 690. The maximum Gasteiger partial charge on any atom is 0.0798 e. The minimum Gasteiger partial charge on any atom is -0.308 e. The number of hydrogen-bond donors (Lipinski definition) is 1. The van der Waals surface area contributed by atoms with Crippen molar-refractivity contribution in [2.75, 3.05) is 0 Å². The molecule has 0 fully saturated rings. The van der Waals surface area contributed by atoms with Crippen LogP contribution in [0.25, 0.3) is 10.8 Å². The number of aryl methyl sites for hydroxylation is 1. The molecule has 0 saturated heterocycles. The molecular formula is C15H15N3S. The fourth-order valence-corrected chi connectivity index (χ4v) is 2.81. The summed E-state index contributed by atoms with van der Waals surface area (Å²) in [6.07, 6.45) is 3.73. The van der Waals surface area contributed by atoms with Crippen molar-refractivity contribution in [1.82, 2.24) is 15.3 Å². The van der Waals surface area contributed by atoms with E-state index in [1.165, 1.54) is 21.2 Å². The van der Waals surface area contributed by atoms with Crippen LogP contribution in [0.15, 0.2) is 42.2 Å². The summed E-state index contributed by atoms with van der Waals surface area (Å²) in [6.45, 7) is 3.80. The zero-order chi connectivity index (χ0) is 13.1. The van der Waals surface area contributed by atoms with Gasteiger partial charge >= 0.3 is 0 Å². The average Bonchev–Trinajstić information content (AvgIpc) is 2.84. The van der Waals surface area contributed by atoms with Crippen LogP contribution in [0.1, 0.15) is 16.1 Å². The second-order valence-corrected chi connectivity index (χ2v) is 5.46. The van der Waals surface area contributed by atoms with Gasteiger partial charge in [-0.3, -0.25) is 4.98 Å². The van der Waals surface area contributed by atoms with Gasteiger partial charge in [0.25, 0.3) is 0 Å². The van der Waals surface area contributed by atoms with Gasteiger partial charge in [-0.15, -0.1) is 11.3 Å². The quantitative estimate of drug-likeness (QED) is 0.789. The Kier molecular flexibility index (Phi) is 3.53. The average molecular weight is 269 g/mol. The molecule has 2 heterocycles. The van der Waals surface area contributed by atoms with E-state index in [9.17, 15) is 0 Å². The van der Waals surface area contributed by atoms with Crippen LogP contribution >= 0.6 is 11.3 Å². The molecule has 3 nitrogen and oxygen atoms in total. The van der Waals surface area contributed by atoms with Gasteiger partial charge in [-0.05, 0) is 30.0 Å². The Morgan fingerprint density at radius 1 is 1.16 bits per heavy atom. The standard InChI is InChI=1S/C15H15N3S/c1-11-15(19-10-18-11)9-17-7-12-2-3-14-8-16-5-4-13(14)6-12/h2-6,8,10,17H,7,9H2,1H3. The number of fused-ring (bicyclic) bond motifs is 1. The van der Waals surface area contributed by atoms with Crippen molar-refractivity contribution >= 4 is 22.1 Å². The number of pyridine rings is 1. The van der Waals surface area contributed by atoms with E-state index in [2.05, 4.69) is 40.4 Å². The summed E-state index contributed by atoms with van der Waals surface area (Å²) in [4.78, 5) is 9.69. The summed E-state index contributed by atoms with van der Waals surface area (Å²) >= 11 is 1.71. The van der Waals surface area contributed by atoms with E-state index in [-0.39, 0.29) is 0 Å². The first-order chi connectivity index (χ1) is 9.33. The number of hydrogen-bond acceptors (Lipinski definition) is 4. The van der Waals surface area contributed by atoms with Crippen LogP contribution in [-0.2, 0) is 13.1 Å². The molecule has 1 N–H and O–H groups in total. The van der Waals surface area contributed by atoms with Crippen molar-refractivity contribution in [2.45, 2.75) is 20.0 Å². The summed E-state index contributed by atoms with van der Waals surface area (Å²) in [5, 5.41) is 5.89. The van der Waals surface area contributed by atoms with Crippen molar-refractivity contribution in [3.8, 4) is 0 Å². The highest BCUT2D eigenvalue weighted by Crippen LogP contribution is 2.15. The fourth-order valence-electron chi connectivity index (χ4n) is 2.06. The number of thiazole rings is 1. The Morgan fingerprint density at radius 3 is 2.95 bits per heavy atom. The van der Waals surface area contributed by atoms with Gasteiger partial charge in [0.15, 0.2) is 0 Å². The SMILES string of the molecule is Cc1ncsc1CNCc1ccc2cnccc2c1. The van der Waals surface area contributed by atoms with Gasteiger partial charge in [0.1, 0.15) is 0 Å². The Labute approximate surface area is 116 Å². The molecule has 0 saturated carbocycles. The lowest BCUT2D eigenvalue weighted by Gasteiger charge is -2.05. The van der Waals surface area contributed by atoms with E-state index < -0.39 is 0 Å². The molecule has 0 spiro atoms. The first-order valence-electron chi connectivity index (χ1n) is 6.25. The maximum atomic E-state index is 4.25. The largest absolute Gasteiger partial charge is 0.308 e. The maximum absolute atomic E-state index is 4.25. The predicted octanol–water partition coefficient (Wildman–Crippen LogP) is 3.29. The summed E-state index contributed by atoms with van der Waals surface area (Å²) in [5.74, 6) is 0. The fraction of sp³-hybridized carbons (Fsp3) is 0.200. The third-order valence-corrected chi connectivity index (χ3v) is 4.10. The van der Waals surface area contributed by atoms with Gasteiger partial charge in [0.05, 0.1) is 11.2 Å². The molecule has 0 unspecified atom stereocenters. The van der Waals surface area contributed by atoms with Gasteiger partial charge in [-0.25, -0.2) is 4.98 Å². The number of benzene rings is 1. The molecule has 0 amide bonds. The van der Waals surface area contributed by atoms with E-state index in [0.29, 0.717) is 0 Å². The van der Waals surface area contributed by atoms with Crippen LogP contribution in [-0.4, -0.2) is 9.97 Å². The second-order valence-electron chi connectivity index (χ2n) is 4.52. The van der Waals surface area contributed by atoms with Crippen molar-refractivity contribution in [2.24, 2.45) is 0 Å². The summed E-state index contributed by atoms with van der Waals surface area (Å²) in [7, 11) is 0. The van der Waals surface area contributed by atoms with Crippen molar-refractivity contribution in [1.29, 1.82) is 0 Å². The molecule has 0 aliphatic carbocycles. The Hall–Kier alpha value is -1.78. The first-order valence-corrected chi connectivity index (χ1v) is 7.13. The smallest absolute Gasteiger partial charge is 0.0798 e. The van der Waals surface area contributed by atoms with E-state index >= 15 is 0 Å². The number of rotatable bonds is 4. The zero-order valence-corrected chi connectivity index (χ0v) is 11.6. The molecular weight excluding hydrogens is 254 g/mol. The molecule has 3 rings (SSSR count). The minimum atomic E-state index is 0.871. The minimum absolute atomic E-state index is 0.871. The van der Waals surface area contributed by atoms with Crippen molar-refractivity contribution in [3.05, 3.63) is 58.3 Å². The van der Waals surface area contributed by atoms with Gasteiger partial charge in [0, 0.05) is 35.7 Å². The molecule has 2 aromatic heterocycles. The number of aromatic nitrogens is 2. The van der Waals surface area contributed by atoms with Crippen LogP contribution in [0.2, 0.25) is 0 Å². The van der Waals surface area contributed by atoms with Gasteiger partial charge < -0.3 is 5.32 Å². The van der Waals surface area contributed by atoms with E-state index in [4.69, 9.17) is 0 Å². The molecule has 19 heavy (non-hydrogen) atoms. The predicted molar refractivity (Wildman–Crippen MR) is 79.1 cm³/mol. The van der Waals surface area contributed by atoms with Crippen molar-refractivity contribution in [3.63, 3.8) is 0 Å². The van der Waals surface area contributed by atoms with Gasteiger partial charge in [0.2, 0.25) is 0 Å². The van der Waals surface area contributed by atoms with Gasteiger partial charge in [-0.2, -0.15) is 0 Å². The monoisotopic (exact) mass is 269 g/mol. The van der Waals surface area contributed by atoms with Crippen LogP contribution < -0.4 is 5.32 Å². The Morgan fingerprint density at radius 2 is 2.11 bits per heavy atom. The second kappa shape index (κ2) is 5.47. The molecule has 0 aliphatic rings. The van der Waals surface area contributed by atoms with E-state index in [1.54, 1.807) is 11.3 Å². The highest BCUT2D eigenvalue weighted by atomic mass is 32.1. The van der Waals surface area contributed by atoms with Crippen LogP contribution in [0.3, 0.4) is 0 Å². The lowest BCUT2D eigenvalue weighted by atomic mass is 10.1. The number of nitrogens with one attached hydrogen (secondary N) is 1. The lowest BCUT2D eigenvalue weighted by Crippen LogP contribution is -2.12. The molecule has 4 heteroatoms. The third-order valence-electron chi connectivity index (χ3n) is 3.16. The highest BCUT2D eigenvalue weighted by molar-refractivity contribution is 7.09. The van der Waals surface area contributed by atoms with E-state index in [0.717, 1.165) is 18.8 Å². The topological polar surface area (TPSA) is 37.8 Å². The van der Waals surface area contributed by atoms with Crippen LogP contribution in [0, 0.1) is 6.92 Å². The summed E-state index contributed by atoms with van der Waals surface area (Å²) < 4.78 is 0. The molecule has 0 bridgehead atoms. The molecule has 3 aromatic rings. The van der Waals surface area contributed by atoms with Gasteiger partial charge in [-0.1, -0.05) is 12.1 Å². The molecule has 0 atom stereocenters. The molecule has 0 radical (unpaired) electrons. The van der Waals surface area contributed by atoms with E-state index in [1.807, 2.05) is 24.0 Å². The normalized spacial score (nSPS) is 11.0. The van der Waals surface area contributed by atoms with Crippen molar-refractivity contribution < 1.29 is 0 Å². The Balaban J connectivity index is 1.67. The first kappa shape index (κ1) is 12.3. The summed E-state index contributed by atoms with van der Waals surface area (Å²) in [5.41, 5.74) is 4.32. The molecule has 0 aliphatic heterocycles. The zero-order valence-electron chi connectivity index (χ0n) is 10.8. The summed E-state index contributed by atoms with van der Waals surface area (Å²) in [6, 6.07) is 8.53. The van der Waals surface area contributed by atoms with Crippen LogP contribution in [0.4, 0.5) is 0 Å². The third kappa shape index (κ3) is 2.80. The lowest BCUT2D eigenvalue weighted by molar-refractivity contribution is 0.697. The van der Waals surface area contributed by atoms with Crippen LogP contribution in [0.5, 0.6) is 0 Å². The molecule has 96 valence electrons. The number of nitrogens with zero attached hydrogens (tertiary/aromatic N) is 2.